The maximum absolute atomic E-state index is 11.6. The van der Waals surface area contributed by atoms with Crippen LogP contribution >= 0.6 is 0 Å². The quantitative estimate of drug-likeness (QED) is 0.634. The molecule has 0 fully saturated rings. The fraction of sp³-hybridized carbons (Fsp3) is 0.312. The molecule has 0 aliphatic carbocycles. The number of rotatable bonds is 6. The molecular formula is C16H17NO6. The topological polar surface area (TPSA) is 94.8 Å². The molecule has 7 heteroatoms. The van der Waals surface area contributed by atoms with E-state index in [4.69, 9.17) is 9.15 Å². The number of fused-ring (bicyclic) bond motifs is 1. The first kappa shape index (κ1) is 16.5. The minimum atomic E-state index is -0.437. The van der Waals surface area contributed by atoms with Crippen LogP contribution in [0.1, 0.15) is 12.0 Å². The fourth-order valence-electron chi connectivity index (χ4n) is 2.00. The van der Waals surface area contributed by atoms with Crippen LogP contribution in [0.2, 0.25) is 0 Å². The Labute approximate surface area is 132 Å². The second kappa shape index (κ2) is 7.44. The number of carbonyl (C=O) groups is 2. The first-order valence-electron chi connectivity index (χ1n) is 7.00. The Morgan fingerprint density at radius 1 is 1.26 bits per heavy atom. The van der Waals surface area contributed by atoms with Crippen LogP contribution in [0, 0.1) is 6.92 Å². The van der Waals surface area contributed by atoms with Gasteiger partial charge in [-0.05, 0) is 24.6 Å². The van der Waals surface area contributed by atoms with Gasteiger partial charge >= 0.3 is 11.6 Å². The molecule has 23 heavy (non-hydrogen) atoms. The van der Waals surface area contributed by atoms with Gasteiger partial charge in [0.1, 0.15) is 11.3 Å². The molecule has 1 aromatic carbocycles. The molecule has 0 saturated heterocycles. The monoisotopic (exact) mass is 319 g/mol. The van der Waals surface area contributed by atoms with Crippen LogP contribution in [0.4, 0.5) is 0 Å². The van der Waals surface area contributed by atoms with Gasteiger partial charge in [-0.25, -0.2) is 4.79 Å². The number of amides is 1. The highest BCUT2D eigenvalue weighted by Gasteiger charge is 2.07. The zero-order valence-electron chi connectivity index (χ0n) is 12.9. The minimum Gasteiger partial charge on any atom is -0.484 e. The van der Waals surface area contributed by atoms with E-state index >= 15 is 0 Å². The van der Waals surface area contributed by atoms with Gasteiger partial charge in [0.2, 0.25) is 0 Å². The SMILES string of the molecule is COC(=O)CCNC(=O)COc1ccc2c(C)cc(=O)oc2c1. The molecule has 1 amide bonds. The lowest BCUT2D eigenvalue weighted by Crippen LogP contribution is -2.30. The molecule has 0 spiro atoms. The van der Waals surface area contributed by atoms with Gasteiger partial charge in [-0.3, -0.25) is 9.59 Å². The molecule has 1 aromatic heterocycles. The van der Waals surface area contributed by atoms with Crippen LogP contribution < -0.4 is 15.7 Å². The van der Waals surface area contributed by atoms with E-state index in [-0.39, 0.29) is 25.5 Å². The van der Waals surface area contributed by atoms with E-state index in [0.717, 1.165) is 10.9 Å². The van der Waals surface area contributed by atoms with Crippen molar-refractivity contribution >= 4 is 22.8 Å². The van der Waals surface area contributed by atoms with Crippen LogP contribution in [-0.2, 0) is 14.3 Å². The Balaban J connectivity index is 1.93. The number of carbonyl (C=O) groups excluding carboxylic acids is 2. The number of hydrogen-bond donors (Lipinski definition) is 1. The van der Waals surface area contributed by atoms with E-state index in [1.54, 1.807) is 18.2 Å². The van der Waals surface area contributed by atoms with Gasteiger partial charge in [-0.2, -0.15) is 0 Å². The largest absolute Gasteiger partial charge is 0.484 e. The van der Waals surface area contributed by atoms with Crippen molar-refractivity contribution in [2.24, 2.45) is 0 Å². The van der Waals surface area contributed by atoms with Crippen LogP contribution in [0.25, 0.3) is 11.0 Å². The van der Waals surface area contributed by atoms with Gasteiger partial charge in [0.25, 0.3) is 5.91 Å². The first-order valence-corrected chi connectivity index (χ1v) is 7.00. The maximum atomic E-state index is 11.6. The van der Waals surface area contributed by atoms with Crippen molar-refractivity contribution in [3.8, 4) is 5.75 Å². The van der Waals surface area contributed by atoms with Crippen LogP contribution in [0.3, 0.4) is 0 Å². The van der Waals surface area contributed by atoms with Gasteiger partial charge in [0.15, 0.2) is 6.61 Å². The molecule has 2 rings (SSSR count). The van der Waals surface area contributed by atoms with Gasteiger partial charge < -0.3 is 19.2 Å². The number of aryl methyl sites for hydroxylation is 1. The summed E-state index contributed by atoms with van der Waals surface area (Å²) in [6, 6.07) is 6.43. The minimum absolute atomic E-state index is 0.0998. The summed E-state index contributed by atoms with van der Waals surface area (Å²) in [5.41, 5.74) is 0.773. The number of benzene rings is 1. The molecule has 0 saturated carbocycles. The molecule has 0 aliphatic heterocycles. The summed E-state index contributed by atoms with van der Waals surface area (Å²) >= 11 is 0. The summed E-state index contributed by atoms with van der Waals surface area (Å²) < 4.78 is 14.9. The molecular weight excluding hydrogens is 302 g/mol. The van der Waals surface area contributed by atoms with Gasteiger partial charge in [0, 0.05) is 24.1 Å². The van der Waals surface area contributed by atoms with Crippen molar-refractivity contribution in [2.45, 2.75) is 13.3 Å². The van der Waals surface area contributed by atoms with E-state index < -0.39 is 11.6 Å². The Morgan fingerprint density at radius 2 is 2.04 bits per heavy atom. The molecule has 1 heterocycles. The molecule has 0 aliphatic rings. The summed E-state index contributed by atoms with van der Waals surface area (Å²) in [4.78, 5) is 33.9. The van der Waals surface area contributed by atoms with Crippen LogP contribution in [0.5, 0.6) is 5.75 Å². The molecule has 0 unspecified atom stereocenters. The van der Waals surface area contributed by atoms with Gasteiger partial charge in [0.05, 0.1) is 13.5 Å². The summed E-state index contributed by atoms with van der Waals surface area (Å²) in [6.45, 7) is 1.79. The van der Waals surface area contributed by atoms with Crippen LogP contribution in [0.15, 0.2) is 33.5 Å². The van der Waals surface area contributed by atoms with E-state index in [1.807, 2.05) is 6.92 Å². The highest BCUT2D eigenvalue weighted by Crippen LogP contribution is 2.22. The summed E-state index contributed by atoms with van der Waals surface area (Å²) in [7, 11) is 1.28. The predicted octanol–water partition coefficient (Wildman–Crippen LogP) is 1.16. The second-order valence-corrected chi connectivity index (χ2v) is 4.87. The number of esters is 1. The highest BCUT2D eigenvalue weighted by molar-refractivity contribution is 5.82. The first-order chi connectivity index (χ1) is 11.0. The Bertz CT molecular complexity index is 780. The average Bonchev–Trinajstić information content (AvgIpc) is 2.52. The molecule has 0 radical (unpaired) electrons. The third-order valence-corrected chi connectivity index (χ3v) is 3.17. The third-order valence-electron chi connectivity index (χ3n) is 3.17. The molecule has 1 N–H and O–H groups in total. The smallest absolute Gasteiger partial charge is 0.336 e. The third kappa shape index (κ3) is 4.57. The van der Waals surface area contributed by atoms with E-state index in [1.165, 1.54) is 13.2 Å². The zero-order valence-corrected chi connectivity index (χ0v) is 12.9. The van der Waals surface area contributed by atoms with E-state index in [9.17, 15) is 14.4 Å². The number of hydrogen-bond acceptors (Lipinski definition) is 6. The average molecular weight is 319 g/mol. The maximum Gasteiger partial charge on any atom is 0.336 e. The number of methoxy groups -OCH3 is 1. The number of nitrogens with one attached hydrogen (secondary N) is 1. The Hall–Kier alpha value is -2.83. The van der Waals surface area contributed by atoms with E-state index in [0.29, 0.717) is 11.3 Å². The molecule has 0 bridgehead atoms. The van der Waals surface area contributed by atoms with Crippen LogP contribution in [-0.4, -0.2) is 32.1 Å². The molecule has 122 valence electrons. The van der Waals surface area contributed by atoms with Gasteiger partial charge in [-0.1, -0.05) is 0 Å². The molecule has 7 nitrogen and oxygen atoms in total. The standard InChI is InChI=1S/C16H17NO6/c1-10-7-16(20)23-13-8-11(3-4-12(10)13)22-9-14(18)17-6-5-15(19)21-2/h3-4,7-8H,5-6,9H2,1-2H3,(H,17,18). The lowest BCUT2D eigenvalue weighted by Gasteiger charge is -2.08. The van der Waals surface area contributed by atoms with Crippen molar-refractivity contribution in [2.75, 3.05) is 20.3 Å². The van der Waals surface area contributed by atoms with Crippen molar-refractivity contribution in [1.82, 2.24) is 5.32 Å². The normalized spacial score (nSPS) is 10.3. The van der Waals surface area contributed by atoms with Crippen molar-refractivity contribution in [3.05, 3.63) is 40.2 Å². The Morgan fingerprint density at radius 3 is 2.78 bits per heavy atom. The Kier molecular flexibility index (Phi) is 5.35. The van der Waals surface area contributed by atoms with Gasteiger partial charge in [-0.15, -0.1) is 0 Å². The zero-order chi connectivity index (χ0) is 16.8. The van der Waals surface area contributed by atoms with Crippen molar-refractivity contribution in [3.63, 3.8) is 0 Å². The summed E-state index contributed by atoms with van der Waals surface area (Å²) in [5.74, 6) is -0.347. The highest BCUT2D eigenvalue weighted by atomic mass is 16.5. The molecule has 0 atom stereocenters. The fourth-order valence-corrected chi connectivity index (χ4v) is 2.00. The second-order valence-electron chi connectivity index (χ2n) is 4.87. The number of ether oxygens (including phenoxy) is 2. The molecule has 2 aromatic rings. The van der Waals surface area contributed by atoms with Crippen molar-refractivity contribution < 1.29 is 23.5 Å². The van der Waals surface area contributed by atoms with E-state index in [2.05, 4.69) is 10.1 Å². The lowest BCUT2D eigenvalue weighted by molar-refractivity contribution is -0.140. The summed E-state index contributed by atoms with van der Waals surface area (Å²) in [6.07, 6.45) is 0.0998. The van der Waals surface area contributed by atoms with Crippen molar-refractivity contribution in [1.29, 1.82) is 0 Å². The lowest BCUT2D eigenvalue weighted by atomic mass is 10.1. The predicted molar refractivity (Wildman–Crippen MR) is 82.4 cm³/mol. The summed E-state index contributed by atoms with van der Waals surface area (Å²) in [5, 5.41) is 3.34.